The van der Waals surface area contributed by atoms with Crippen LogP contribution in [0.1, 0.15) is 55.6 Å². The first-order valence-corrected chi connectivity index (χ1v) is 7.53. The molecule has 0 radical (unpaired) electrons. The highest BCUT2D eigenvalue weighted by Gasteiger charge is 2.29. The smallest absolute Gasteiger partial charge is 0.251 e. The van der Waals surface area contributed by atoms with Crippen LogP contribution >= 0.6 is 0 Å². The molecule has 1 aliphatic rings. The summed E-state index contributed by atoms with van der Waals surface area (Å²) in [5.41, 5.74) is 1.92. The average Bonchev–Trinajstić information content (AvgIpc) is 2.91. The molecule has 20 heavy (non-hydrogen) atoms. The van der Waals surface area contributed by atoms with Crippen molar-refractivity contribution < 1.29 is 4.79 Å². The first-order chi connectivity index (χ1) is 9.56. The Morgan fingerprint density at radius 2 is 2.05 bits per heavy atom. The maximum Gasteiger partial charge on any atom is 0.251 e. The first-order valence-electron chi connectivity index (χ1n) is 7.53. The molecule has 2 rings (SSSR count). The number of carbonyl (C=O) groups is 1. The van der Waals surface area contributed by atoms with Crippen molar-refractivity contribution in [1.82, 2.24) is 10.3 Å². The van der Waals surface area contributed by atoms with Gasteiger partial charge in [-0.25, -0.2) is 4.98 Å². The molecule has 0 aliphatic heterocycles. The number of nitrogens with zero attached hydrogens (tertiary/aromatic N) is 1. The highest BCUT2D eigenvalue weighted by molar-refractivity contribution is 5.95. The van der Waals surface area contributed by atoms with Gasteiger partial charge in [0.2, 0.25) is 0 Å². The van der Waals surface area contributed by atoms with Gasteiger partial charge in [0.05, 0.1) is 0 Å². The Labute approximate surface area is 121 Å². The van der Waals surface area contributed by atoms with Gasteiger partial charge in [-0.05, 0) is 36.8 Å². The number of aromatic nitrogens is 1. The zero-order valence-electron chi connectivity index (χ0n) is 12.8. The van der Waals surface area contributed by atoms with Gasteiger partial charge >= 0.3 is 0 Å². The van der Waals surface area contributed by atoms with E-state index in [9.17, 15) is 4.79 Å². The van der Waals surface area contributed by atoms with Gasteiger partial charge in [0.15, 0.2) is 0 Å². The maximum atomic E-state index is 12.3. The molecule has 4 nitrogen and oxygen atoms in total. The van der Waals surface area contributed by atoms with E-state index in [-0.39, 0.29) is 11.3 Å². The average molecular weight is 275 g/mol. The van der Waals surface area contributed by atoms with Crippen LogP contribution < -0.4 is 10.6 Å². The van der Waals surface area contributed by atoms with Crippen LogP contribution in [0.2, 0.25) is 0 Å². The SMILES string of the molecule is CCc1cc(C(=O)NCC2(C)CCCC2)cc(NC)n1. The van der Waals surface area contributed by atoms with Crippen molar-refractivity contribution in [3.63, 3.8) is 0 Å². The van der Waals surface area contributed by atoms with E-state index in [0.717, 1.165) is 24.5 Å². The van der Waals surface area contributed by atoms with E-state index >= 15 is 0 Å². The van der Waals surface area contributed by atoms with Crippen LogP contribution in [0.5, 0.6) is 0 Å². The largest absolute Gasteiger partial charge is 0.373 e. The Kier molecular flexibility index (Phi) is 4.63. The number of carbonyl (C=O) groups excluding carboxylic acids is 1. The molecule has 4 heteroatoms. The van der Waals surface area contributed by atoms with Gasteiger partial charge in [-0.2, -0.15) is 0 Å². The number of pyridine rings is 1. The van der Waals surface area contributed by atoms with Crippen molar-refractivity contribution in [1.29, 1.82) is 0 Å². The van der Waals surface area contributed by atoms with E-state index in [0.29, 0.717) is 5.56 Å². The Bertz CT molecular complexity index is 456. The summed E-state index contributed by atoms with van der Waals surface area (Å²) in [6.45, 7) is 5.08. The third-order valence-corrected chi connectivity index (χ3v) is 4.25. The number of nitrogens with one attached hydrogen (secondary N) is 2. The minimum Gasteiger partial charge on any atom is -0.373 e. The second-order valence-electron chi connectivity index (χ2n) is 6.04. The summed E-state index contributed by atoms with van der Waals surface area (Å²) in [4.78, 5) is 16.7. The third kappa shape index (κ3) is 3.50. The molecule has 0 bridgehead atoms. The molecule has 1 aromatic heterocycles. The van der Waals surface area contributed by atoms with Gasteiger partial charge in [-0.1, -0.05) is 26.7 Å². The van der Waals surface area contributed by atoms with Crippen LogP contribution in [-0.4, -0.2) is 24.5 Å². The molecule has 0 spiro atoms. The van der Waals surface area contributed by atoms with Crippen molar-refractivity contribution in [2.24, 2.45) is 5.41 Å². The number of hydrogen-bond acceptors (Lipinski definition) is 3. The Balaban J connectivity index is 2.04. The van der Waals surface area contributed by atoms with Crippen LogP contribution in [-0.2, 0) is 6.42 Å². The van der Waals surface area contributed by atoms with Crippen molar-refractivity contribution >= 4 is 11.7 Å². The molecular formula is C16H25N3O. The van der Waals surface area contributed by atoms with E-state index in [1.165, 1.54) is 25.7 Å². The van der Waals surface area contributed by atoms with Gasteiger partial charge in [-0.15, -0.1) is 0 Å². The van der Waals surface area contributed by atoms with Gasteiger partial charge in [-0.3, -0.25) is 4.79 Å². The molecule has 0 unspecified atom stereocenters. The lowest BCUT2D eigenvalue weighted by molar-refractivity contribution is 0.0934. The Morgan fingerprint density at radius 1 is 1.35 bits per heavy atom. The van der Waals surface area contributed by atoms with Gasteiger partial charge in [0.1, 0.15) is 5.82 Å². The molecule has 0 aromatic carbocycles. The molecule has 1 fully saturated rings. The summed E-state index contributed by atoms with van der Waals surface area (Å²) in [5, 5.41) is 6.10. The monoisotopic (exact) mass is 275 g/mol. The van der Waals surface area contributed by atoms with Crippen LogP contribution in [0.4, 0.5) is 5.82 Å². The molecule has 0 saturated heterocycles. The molecule has 1 heterocycles. The number of hydrogen-bond donors (Lipinski definition) is 2. The van der Waals surface area contributed by atoms with Crippen LogP contribution in [0.3, 0.4) is 0 Å². The van der Waals surface area contributed by atoms with Crippen LogP contribution in [0, 0.1) is 5.41 Å². The topological polar surface area (TPSA) is 54.0 Å². The lowest BCUT2D eigenvalue weighted by Crippen LogP contribution is -2.34. The molecule has 1 saturated carbocycles. The summed E-state index contributed by atoms with van der Waals surface area (Å²) >= 11 is 0. The second kappa shape index (κ2) is 6.25. The van der Waals surface area contributed by atoms with Crippen molar-refractivity contribution in [2.45, 2.75) is 46.0 Å². The fourth-order valence-electron chi connectivity index (χ4n) is 2.83. The minimum absolute atomic E-state index is 0.00623. The normalized spacial score (nSPS) is 16.9. The van der Waals surface area contributed by atoms with Crippen molar-refractivity contribution in [3.05, 3.63) is 23.4 Å². The quantitative estimate of drug-likeness (QED) is 0.868. The predicted molar refractivity (Wildman–Crippen MR) is 82.1 cm³/mol. The zero-order chi connectivity index (χ0) is 14.6. The molecule has 110 valence electrons. The van der Waals surface area contributed by atoms with Gasteiger partial charge < -0.3 is 10.6 Å². The minimum atomic E-state index is 0.00623. The summed E-state index contributed by atoms with van der Waals surface area (Å²) in [7, 11) is 1.82. The Morgan fingerprint density at radius 3 is 2.65 bits per heavy atom. The molecule has 1 amide bonds. The summed E-state index contributed by atoms with van der Waals surface area (Å²) < 4.78 is 0. The van der Waals surface area contributed by atoms with E-state index in [1.54, 1.807) is 0 Å². The van der Waals surface area contributed by atoms with Crippen molar-refractivity contribution in [2.75, 3.05) is 18.9 Å². The highest BCUT2D eigenvalue weighted by Crippen LogP contribution is 2.36. The number of aryl methyl sites for hydroxylation is 1. The second-order valence-corrected chi connectivity index (χ2v) is 6.04. The fraction of sp³-hybridized carbons (Fsp3) is 0.625. The van der Waals surface area contributed by atoms with Crippen molar-refractivity contribution in [3.8, 4) is 0 Å². The summed E-state index contributed by atoms with van der Waals surface area (Å²) in [6.07, 6.45) is 5.82. The van der Waals surface area contributed by atoms with E-state index in [1.807, 2.05) is 26.1 Å². The molecule has 0 atom stereocenters. The highest BCUT2D eigenvalue weighted by atomic mass is 16.1. The number of anilines is 1. The summed E-state index contributed by atoms with van der Waals surface area (Å²) in [6, 6.07) is 3.69. The lowest BCUT2D eigenvalue weighted by Gasteiger charge is -2.23. The number of rotatable bonds is 5. The predicted octanol–water partition coefficient (Wildman–Crippen LogP) is 3.00. The van der Waals surface area contributed by atoms with E-state index in [2.05, 4.69) is 22.5 Å². The van der Waals surface area contributed by atoms with Gasteiger partial charge in [0.25, 0.3) is 5.91 Å². The van der Waals surface area contributed by atoms with Crippen LogP contribution in [0.25, 0.3) is 0 Å². The molecule has 1 aliphatic carbocycles. The number of amides is 1. The third-order valence-electron chi connectivity index (χ3n) is 4.25. The Hall–Kier alpha value is -1.58. The van der Waals surface area contributed by atoms with E-state index in [4.69, 9.17) is 0 Å². The van der Waals surface area contributed by atoms with Gasteiger partial charge in [0, 0.05) is 24.8 Å². The molecule has 2 N–H and O–H groups in total. The maximum absolute atomic E-state index is 12.3. The fourth-order valence-corrected chi connectivity index (χ4v) is 2.83. The standard InChI is InChI=1S/C16H25N3O/c1-4-13-9-12(10-14(17-3)19-13)15(20)18-11-16(2)7-5-6-8-16/h9-10H,4-8,11H2,1-3H3,(H,17,19)(H,18,20). The zero-order valence-corrected chi connectivity index (χ0v) is 12.8. The lowest BCUT2D eigenvalue weighted by atomic mass is 9.89. The van der Waals surface area contributed by atoms with E-state index < -0.39 is 0 Å². The van der Waals surface area contributed by atoms with Crippen LogP contribution in [0.15, 0.2) is 12.1 Å². The molecular weight excluding hydrogens is 250 g/mol. The molecule has 1 aromatic rings. The first kappa shape index (κ1) is 14.8. The summed E-state index contributed by atoms with van der Waals surface area (Å²) in [5.74, 6) is 0.758.